The summed E-state index contributed by atoms with van der Waals surface area (Å²) in [6.45, 7) is 2.80. The van der Waals surface area contributed by atoms with Crippen LogP contribution < -0.4 is 11.1 Å². The Balaban J connectivity index is 2.65. The van der Waals surface area contributed by atoms with Gasteiger partial charge in [-0.1, -0.05) is 30.3 Å². The van der Waals surface area contributed by atoms with Gasteiger partial charge in [0.2, 0.25) is 5.91 Å². The van der Waals surface area contributed by atoms with E-state index in [1.165, 1.54) is 12.1 Å². The van der Waals surface area contributed by atoms with Crippen LogP contribution in [-0.4, -0.2) is 18.0 Å². The molecular formula is C13H18F2N2O. The summed E-state index contributed by atoms with van der Waals surface area (Å²) in [7, 11) is 0. The van der Waals surface area contributed by atoms with Crippen LogP contribution in [0.1, 0.15) is 25.8 Å². The fourth-order valence-corrected chi connectivity index (χ4v) is 1.63. The van der Waals surface area contributed by atoms with Gasteiger partial charge in [-0.15, -0.1) is 0 Å². The van der Waals surface area contributed by atoms with E-state index >= 15 is 0 Å². The number of rotatable bonds is 6. The molecule has 1 aromatic carbocycles. The molecule has 0 aliphatic heterocycles. The van der Waals surface area contributed by atoms with Crippen molar-refractivity contribution in [3.8, 4) is 0 Å². The van der Waals surface area contributed by atoms with Crippen LogP contribution in [0.25, 0.3) is 0 Å². The quantitative estimate of drug-likeness (QED) is 0.818. The van der Waals surface area contributed by atoms with Crippen LogP contribution in [0.5, 0.6) is 0 Å². The molecule has 0 aliphatic rings. The van der Waals surface area contributed by atoms with Crippen molar-refractivity contribution >= 4 is 5.91 Å². The number of nitrogens with one attached hydrogen (secondary N) is 1. The fourth-order valence-electron chi connectivity index (χ4n) is 1.63. The van der Waals surface area contributed by atoms with Crippen molar-refractivity contribution in [1.29, 1.82) is 0 Å². The van der Waals surface area contributed by atoms with E-state index < -0.39 is 23.9 Å². The Labute approximate surface area is 105 Å². The second-order valence-corrected chi connectivity index (χ2v) is 4.95. The maximum absolute atomic E-state index is 13.8. The minimum absolute atomic E-state index is 0.0118. The molecule has 5 heteroatoms. The third-order valence-electron chi connectivity index (χ3n) is 2.60. The second-order valence-electron chi connectivity index (χ2n) is 4.95. The maximum atomic E-state index is 13.8. The largest absolute Gasteiger partial charge is 0.370 e. The molecule has 0 spiro atoms. The average Bonchev–Trinajstić information content (AvgIpc) is 2.26. The van der Waals surface area contributed by atoms with Crippen LogP contribution in [0.15, 0.2) is 30.3 Å². The summed E-state index contributed by atoms with van der Waals surface area (Å²) in [5.41, 5.74) is 4.27. The highest BCUT2D eigenvalue weighted by Crippen LogP contribution is 2.27. The average molecular weight is 256 g/mol. The third kappa shape index (κ3) is 4.41. The monoisotopic (exact) mass is 256 g/mol. The smallest absolute Gasteiger partial charge is 0.285 e. The Morgan fingerprint density at radius 1 is 1.28 bits per heavy atom. The molecule has 3 nitrogen and oxygen atoms in total. The Hall–Kier alpha value is -1.49. The molecule has 0 bridgehead atoms. The Morgan fingerprint density at radius 2 is 1.83 bits per heavy atom. The van der Waals surface area contributed by atoms with Crippen molar-refractivity contribution in [3.63, 3.8) is 0 Å². The first-order valence-corrected chi connectivity index (χ1v) is 5.70. The number of carbonyl (C=O) groups excluding carboxylic acids is 1. The van der Waals surface area contributed by atoms with Gasteiger partial charge >= 0.3 is 0 Å². The van der Waals surface area contributed by atoms with Gasteiger partial charge in [0.15, 0.2) is 0 Å². The first-order chi connectivity index (χ1) is 8.23. The Kier molecular flexibility index (Phi) is 4.40. The molecular weight excluding hydrogens is 238 g/mol. The first kappa shape index (κ1) is 14.6. The van der Waals surface area contributed by atoms with Gasteiger partial charge in [-0.05, 0) is 13.8 Å². The van der Waals surface area contributed by atoms with Crippen molar-refractivity contribution in [2.75, 3.05) is 6.54 Å². The zero-order valence-electron chi connectivity index (χ0n) is 10.5. The van der Waals surface area contributed by atoms with E-state index in [1.54, 1.807) is 32.0 Å². The molecule has 1 rings (SSSR count). The van der Waals surface area contributed by atoms with Crippen LogP contribution in [0.3, 0.4) is 0 Å². The van der Waals surface area contributed by atoms with Crippen LogP contribution in [0.2, 0.25) is 0 Å². The van der Waals surface area contributed by atoms with E-state index in [4.69, 9.17) is 5.73 Å². The van der Waals surface area contributed by atoms with Crippen LogP contribution in [0, 0.1) is 0 Å². The zero-order chi connectivity index (χ0) is 13.8. The highest BCUT2D eigenvalue weighted by Gasteiger charge is 2.33. The number of alkyl halides is 2. The van der Waals surface area contributed by atoms with Gasteiger partial charge in [0.25, 0.3) is 5.92 Å². The summed E-state index contributed by atoms with van der Waals surface area (Å²) >= 11 is 0. The summed E-state index contributed by atoms with van der Waals surface area (Å²) in [5.74, 6) is -3.49. The van der Waals surface area contributed by atoms with Crippen molar-refractivity contribution in [1.82, 2.24) is 5.32 Å². The molecule has 0 aliphatic carbocycles. The standard InChI is InChI=1S/C13H18F2N2O/c1-12(2,8-11(16)18)17-9-13(14,15)10-6-4-3-5-7-10/h3-7,17H,8-9H2,1-2H3,(H2,16,18). The molecule has 0 radical (unpaired) electrons. The highest BCUT2D eigenvalue weighted by molar-refractivity contribution is 5.74. The predicted molar refractivity (Wildman–Crippen MR) is 66.2 cm³/mol. The lowest BCUT2D eigenvalue weighted by atomic mass is 9.99. The molecule has 1 amide bonds. The Bertz CT molecular complexity index is 405. The molecule has 0 heterocycles. The number of primary amides is 1. The van der Waals surface area contributed by atoms with E-state index in [0.717, 1.165) is 0 Å². The lowest BCUT2D eigenvalue weighted by molar-refractivity contribution is -0.119. The number of halogens is 2. The molecule has 0 fully saturated rings. The van der Waals surface area contributed by atoms with Gasteiger partial charge in [-0.3, -0.25) is 4.79 Å². The van der Waals surface area contributed by atoms with Crippen molar-refractivity contribution in [3.05, 3.63) is 35.9 Å². The summed E-state index contributed by atoms with van der Waals surface area (Å²) in [6, 6.07) is 7.57. The molecule has 0 aromatic heterocycles. The SMILES string of the molecule is CC(C)(CC(N)=O)NCC(F)(F)c1ccccc1. The van der Waals surface area contributed by atoms with Crippen LogP contribution in [0.4, 0.5) is 8.78 Å². The van der Waals surface area contributed by atoms with Gasteiger partial charge in [-0.2, -0.15) is 8.78 Å². The molecule has 0 saturated carbocycles. The van der Waals surface area contributed by atoms with Gasteiger partial charge in [-0.25, -0.2) is 0 Å². The molecule has 0 saturated heterocycles. The van der Waals surface area contributed by atoms with Gasteiger partial charge in [0.05, 0.1) is 6.54 Å². The number of benzene rings is 1. The molecule has 0 atom stereocenters. The summed E-state index contributed by atoms with van der Waals surface area (Å²) in [5, 5.41) is 2.68. The van der Waals surface area contributed by atoms with E-state index in [9.17, 15) is 13.6 Å². The van der Waals surface area contributed by atoms with Crippen LogP contribution >= 0.6 is 0 Å². The number of hydrogen-bond donors (Lipinski definition) is 2. The van der Waals surface area contributed by atoms with Crippen molar-refractivity contribution in [2.24, 2.45) is 5.73 Å². The first-order valence-electron chi connectivity index (χ1n) is 5.70. The third-order valence-corrected chi connectivity index (χ3v) is 2.60. The lowest BCUT2D eigenvalue weighted by Gasteiger charge is -2.28. The van der Waals surface area contributed by atoms with Crippen molar-refractivity contribution in [2.45, 2.75) is 31.7 Å². The normalized spacial score (nSPS) is 12.4. The minimum Gasteiger partial charge on any atom is -0.370 e. The molecule has 18 heavy (non-hydrogen) atoms. The van der Waals surface area contributed by atoms with Crippen LogP contribution in [-0.2, 0) is 10.7 Å². The number of carbonyl (C=O) groups is 1. The Morgan fingerprint density at radius 3 is 2.33 bits per heavy atom. The number of amides is 1. The lowest BCUT2D eigenvalue weighted by Crippen LogP contribution is -2.47. The maximum Gasteiger partial charge on any atom is 0.285 e. The minimum atomic E-state index is -2.98. The van der Waals surface area contributed by atoms with E-state index in [0.29, 0.717) is 0 Å². The topological polar surface area (TPSA) is 55.1 Å². The molecule has 3 N–H and O–H groups in total. The zero-order valence-corrected chi connectivity index (χ0v) is 10.5. The fraction of sp³-hybridized carbons (Fsp3) is 0.462. The van der Waals surface area contributed by atoms with Gasteiger partial charge < -0.3 is 11.1 Å². The van der Waals surface area contributed by atoms with E-state index in [2.05, 4.69) is 5.32 Å². The van der Waals surface area contributed by atoms with Crippen molar-refractivity contribution < 1.29 is 13.6 Å². The van der Waals surface area contributed by atoms with E-state index in [1.807, 2.05) is 0 Å². The molecule has 100 valence electrons. The predicted octanol–water partition coefficient (Wildman–Crippen LogP) is 2.02. The van der Waals surface area contributed by atoms with E-state index in [-0.39, 0.29) is 12.0 Å². The van der Waals surface area contributed by atoms with Gasteiger partial charge in [0.1, 0.15) is 0 Å². The number of nitrogens with two attached hydrogens (primary N) is 1. The summed E-state index contributed by atoms with van der Waals surface area (Å²) in [6.07, 6.45) is 0.0118. The molecule has 0 unspecified atom stereocenters. The molecule has 1 aromatic rings. The summed E-state index contributed by atoms with van der Waals surface area (Å²) < 4.78 is 27.7. The second kappa shape index (κ2) is 5.44. The van der Waals surface area contributed by atoms with Gasteiger partial charge in [0, 0.05) is 17.5 Å². The number of hydrogen-bond acceptors (Lipinski definition) is 2. The summed E-state index contributed by atoms with van der Waals surface area (Å²) in [4.78, 5) is 10.8. The highest BCUT2D eigenvalue weighted by atomic mass is 19.3.